The number of rotatable bonds is 10. The van der Waals surface area contributed by atoms with Crippen LogP contribution in [0.25, 0.3) is 0 Å². The third-order valence-electron chi connectivity index (χ3n) is 6.98. The van der Waals surface area contributed by atoms with E-state index in [1.165, 1.54) is 27.3 Å². The summed E-state index contributed by atoms with van der Waals surface area (Å²) in [6.07, 6.45) is -2.64. The summed E-state index contributed by atoms with van der Waals surface area (Å²) >= 11 is 6.06. The molecule has 12 heteroatoms. The van der Waals surface area contributed by atoms with Crippen LogP contribution in [-0.4, -0.2) is 34.5 Å². The van der Waals surface area contributed by atoms with Gasteiger partial charge >= 0.3 is 12.1 Å². The topological polar surface area (TPSA) is 86.9 Å². The van der Waals surface area contributed by atoms with Crippen LogP contribution in [0.4, 0.5) is 19.0 Å². The maximum absolute atomic E-state index is 13.5. The van der Waals surface area contributed by atoms with Crippen molar-refractivity contribution in [2.75, 3.05) is 13.1 Å². The summed E-state index contributed by atoms with van der Waals surface area (Å²) in [6.45, 7) is 5.71. The predicted molar refractivity (Wildman–Crippen MR) is 156 cm³/mol. The lowest BCUT2D eigenvalue weighted by Gasteiger charge is -2.19. The number of aliphatic imine (C=N–C) groups is 1. The Bertz CT molecular complexity index is 1530. The number of benzene rings is 2. The van der Waals surface area contributed by atoms with Gasteiger partial charge in [0.1, 0.15) is 17.3 Å². The molecule has 2 aromatic carbocycles. The summed E-state index contributed by atoms with van der Waals surface area (Å²) in [5.74, 6) is 0.162. The smallest absolute Gasteiger partial charge is 0.442 e. The summed E-state index contributed by atoms with van der Waals surface area (Å²) in [7, 11) is 1.54. The first-order valence-electron chi connectivity index (χ1n) is 13.8. The third-order valence-corrected chi connectivity index (χ3v) is 7.24. The minimum atomic E-state index is -4.86. The van der Waals surface area contributed by atoms with Crippen molar-refractivity contribution in [1.29, 1.82) is 0 Å². The summed E-state index contributed by atoms with van der Waals surface area (Å²) < 4.78 is 51.1. The van der Waals surface area contributed by atoms with Crippen molar-refractivity contribution >= 4 is 23.3 Å². The Hall–Kier alpha value is -3.57. The highest BCUT2D eigenvalue weighted by Gasteiger charge is 2.32. The molecule has 42 heavy (non-hydrogen) atoms. The van der Waals surface area contributed by atoms with Crippen LogP contribution in [0.1, 0.15) is 37.8 Å². The third kappa shape index (κ3) is 8.25. The second-order valence-corrected chi connectivity index (χ2v) is 11.1. The molecule has 0 aliphatic carbocycles. The minimum Gasteiger partial charge on any atom is -0.442 e. The van der Waals surface area contributed by atoms with E-state index in [2.05, 4.69) is 28.9 Å². The molecule has 4 rings (SSSR count). The lowest BCUT2D eigenvalue weighted by atomic mass is 9.93. The number of aromatic nitrogens is 2. The van der Waals surface area contributed by atoms with E-state index in [4.69, 9.17) is 16.3 Å². The maximum atomic E-state index is 13.5. The van der Waals surface area contributed by atoms with Gasteiger partial charge in [-0.3, -0.25) is 13.9 Å². The molecule has 8 nitrogen and oxygen atoms in total. The molecule has 1 aliphatic heterocycles. The molecule has 0 saturated carbocycles. The average molecular weight is 607 g/mol. The first kappa shape index (κ1) is 31.4. The fraction of sp³-hybridized carbons (Fsp3) is 0.433. The molecule has 0 amide bonds. The molecule has 1 aromatic heterocycles. The van der Waals surface area contributed by atoms with Crippen LogP contribution in [-0.2, 0) is 26.4 Å². The molecule has 0 radical (unpaired) electrons. The fourth-order valence-corrected chi connectivity index (χ4v) is 4.90. The second kappa shape index (κ2) is 13.6. The molecule has 1 atom stereocenters. The molecule has 0 saturated heterocycles. The van der Waals surface area contributed by atoms with Crippen LogP contribution in [0.3, 0.4) is 0 Å². The first-order chi connectivity index (χ1) is 19.9. The maximum Gasteiger partial charge on any atom is 0.573 e. The van der Waals surface area contributed by atoms with Crippen LogP contribution < -0.4 is 26.0 Å². The van der Waals surface area contributed by atoms with Crippen molar-refractivity contribution in [1.82, 2.24) is 14.5 Å². The van der Waals surface area contributed by atoms with Gasteiger partial charge in [0.05, 0.1) is 5.56 Å². The van der Waals surface area contributed by atoms with E-state index in [1.807, 2.05) is 12.1 Å². The Morgan fingerprint density at radius 2 is 1.81 bits per heavy atom. The quantitative estimate of drug-likeness (QED) is 0.302. The Morgan fingerprint density at radius 3 is 2.50 bits per heavy atom. The van der Waals surface area contributed by atoms with Crippen LogP contribution in [0.15, 0.2) is 63.1 Å². The molecule has 1 N–H and O–H groups in total. The lowest BCUT2D eigenvalue weighted by Crippen LogP contribution is -2.42. The molecular formula is C30H34ClF3N4O4. The molecule has 3 aromatic rings. The van der Waals surface area contributed by atoms with E-state index >= 15 is 0 Å². The molecule has 0 fully saturated rings. The normalized spacial score (nSPS) is 15.2. The van der Waals surface area contributed by atoms with Crippen molar-refractivity contribution in [3.8, 4) is 11.5 Å². The van der Waals surface area contributed by atoms with E-state index in [9.17, 15) is 22.8 Å². The Labute approximate surface area is 246 Å². The van der Waals surface area contributed by atoms with E-state index in [-0.39, 0.29) is 29.9 Å². The SMILES string of the molecule is CC(C)CCNCCn1c(=O)c2c(n(C)c1=O)N=C(Oc1cccc(OC(F)(F)F)c1)C(Cc1ccc(Cl)cc1)CC2. The highest BCUT2D eigenvalue weighted by atomic mass is 35.5. The molecule has 1 aliphatic rings. The van der Waals surface area contributed by atoms with Crippen molar-refractivity contribution in [2.24, 2.45) is 23.9 Å². The number of ether oxygens (including phenoxy) is 2. The lowest BCUT2D eigenvalue weighted by molar-refractivity contribution is -0.274. The van der Waals surface area contributed by atoms with Gasteiger partial charge < -0.3 is 14.8 Å². The first-order valence-corrected chi connectivity index (χ1v) is 14.2. The zero-order valence-corrected chi connectivity index (χ0v) is 24.5. The Kier molecular flexibility index (Phi) is 10.2. The van der Waals surface area contributed by atoms with Gasteiger partial charge in [-0.25, -0.2) is 4.79 Å². The largest absolute Gasteiger partial charge is 0.573 e. The van der Waals surface area contributed by atoms with Gasteiger partial charge in [0.15, 0.2) is 5.90 Å². The number of fused-ring (bicyclic) bond motifs is 1. The monoisotopic (exact) mass is 606 g/mol. The molecule has 226 valence electrons. The van der Waals surface area contributed by atoms with Gasteiger partial charge in [0.2, 0.25) is 0 Å². The number of nitrogens with zero attached hydrogens (tertiary/aromatic N) is 3. The van der Waals surface area contributed by atoms with E-state index in [1.54, 1.807) is 19.2 Å². The van der Waals surface area contributed by atoms with Crippen molar-refractivity contribution in [3.63, 3.8) is 0 Å². The van der Waals surface area contributed by atoms with Crippen molar-refractivity contribution in [3.05, 3.63) is 85.5 Å². The second-order valence-electron chi connectivity index (χ2n) is 10.7. The zero-order chi connectivity index (χ0) is 30.4. The standard InChI is InChI=1S/C30H34ClF3N4O4/c1-19(2)13-14-35-15-16-38-28(39)25-12-9-21(17-20-7-10-22(31)11-8-20)27(36-26(25)37(3)29(38)40)41-23-5-4-6-24(18-23)42-30(32,33)34/h4-8,10-11,18-19,21,35H,9,12-17H2,1-3H3. The predicted octanol–water partition coefficient (Wildman–Crippen LogP) is 5.65. The van der Waals surface area contributed by atoms with Gasteiger partial charge in [0, 0.05) is 37.1 Å². The number of nitrogens with one attached hydrogen (secondary N) is 1. The minimum absolute atomic E-state index is 0.0749. The number of hydrogen-bond donors (Lipinski definition) is 1. The van der Waals surface area contributed by atoms with Crippen LogP contribution in [0, 0.1) is 11.8 Å². The molecular weight excluding hydrogens is 573 g/mol. The van der Waals surface area contributed by atoms with Crippen LogP contribution >= 0.6 is 11.6 Å². The van der Waals surface area contributed by atoms with Gasteiger partial charge in [-0.05, 0) is 68.0 Å². The highest BCUT2D eigenvalue weighted by Crippen LogP contribution is 2.31. The van der Waals surface area contributed by atoms with Crippen molar-refractivity contribution in [2.45, 2.75) is 52.4 Å². The fourth-order valence-electron chi connectivity index (χ4n) is 4.78. The highest BCUT2D eigenvalue weighted by molar-refractivity contribution is 6.30. The number of alkyl halides is 3. The van der Waals surface area contributed by atoms with Gasteiger partial charge in [-0.15, -0.1) is 13.2 Å². The van der Waals surface area contributed by atoms with Crippen LogP contribution in [0.2, 0.25) is 5.02 Å². The summed E-state index contributed by atoms with van der Waals surface area (Å²) in [4.78, 5) is 31.4. The van der Waals surface area contributed by atoms with E-state index in [0.717, 1.165) is 24.6 Å². The number of halogens is 4. The van der Waals surface area contributed by atoms with E-state index < -0.39 is 23.4 Å². The number of hydrogen-bond acceptors (Lipinski definition) is 6. The Morgan fingerprint density at radius 1 is 1.10 bits per heavy atom. The van der Waals surface area contributed by atoms with Gasteiger partial charge in [-0.1, -0.05) is 43.6 Å². The van der Waals surface area contributed by atoms with E-state index in [0.29, 0.717) is 42.3 Å². The molecule has 0 bridgehead atoms. The summed E-state index contributed by atoms with van der Waals surface area (Å²) in [6, 6.07) is 12.4. The van der Waals surface area contributed by atoms with Crippen molar-refractivity contribution < 1.29 is 22.6 Å². The molecule has 1 unspecified atom stereocenters. The molecule has 0 spiro atoms. The summed E-state index contributed by atoms with van der Waals surface area (Å²) in [5, 5.41) is 3.85. The van der Waals surface area contributed by atoms with Crippen LogP contribution in [0.5, 0.6) is 11.5 Å². The average Bonchev–Trinajstić information content (AvgIpc) is 3.09. The Balaban J connectivity index is 1.69. The summed E-state index contributed by atoms with van der Waals surface area (Å²) in [5.41, 5.74) is 0.395. The van der Waals surface area contributed by atoms with Gasteiger partial charge in [-0.2, -0.15) is 4.99 Å². The van der Waals surface area contributed by atoms with Gasteiger partial charge in [0.25, 0.3) is 5.56 Å². The molecule has 2 heterocycles. The zero-order valence-electron chi connectivity index (χ0n) is 23.7.